The summed E-state index contributed by atoms with van der Waals surface area (Å²) in [5, 5.41) is 7.15. The van der Waals surface area contributed by atoms with Crippen molar-refractivity contribution in [2.45, 2.75) is 45.2 Å². The van der Waals surface area contributed by atoms with E-state index in [2.05, 4.69) is 44.3 Å². The van der Waals surface area contributed by atoms with Crippen molar-refractivity contribution in [2.75, 3.05) is 28.6 Å². The standard InChI is InChI=1S/C24H28ClN7O/c1-24(2)14-31(15-24)19-12-27-23(28-13-19)30-17-6-5-16(10-17)29-21-8-7-18(11-26-21)32-9-3-4-20(25)22(32)33/h3-4,7-9,11-13,16-17H,5-6,10,14-15H2,1-2H3,(H,26,29)(H,27,28,30)/t16-,17-/m0/s1. The maximum Gasteiger partial charge on any atom is 0.273 e. The Morgan fingerprint density at radius 2 is 1.67 bits per heavy atom. The third-order valence-corrected chi connectivity index (χ3v) is 6.57. The van der Waals surface area contributed by atoms with Gasteiger partial charge in [-0.15, -0.1) is 0 Å². The minimum absolute atomic E-state index is 0.187. The fourth-order valence-corrected chi connectivity index (χ4v) is 4.81. The monoisotopic (exact) mass is 465 g/mol. The summed E-state index contributed by atoms with van der Waals surface area (Å²) in [6, 6.07) is 7.72. The molecule has 9 heteroatoms. The minimum atomic E-state index is -0.254. The highest BCUT2D eigenvalue weighted by molar-refractivity contribution is 6.30. The molecule has 1 aliphatic carbocycles. The van der Waals surface area contributed by atoms with Gasteiger partial charge in [0.05, 0.1) is 30.0 Å². The zero-order valence-electron chi connectivity index (χ0n) is 18.8. The van der Waals surface area contributed by atoms with Crippen molar-refractivity contribution >= 4 is 29.1 Å². The van der Waals surface area contributed by atoms with Crippen molar-refractivity contribution in [2.24, 2.45) is 5.41 Å². The SMILES string of the molecule is CC1(C)CN(c2cnc(N[C@H]3CC[C@H](Nc4ccc(-n5cccc(Cl)c5=O)cn4)C3)nc2)C1. The van der Waals surface area contributed by atoms with E-state index in [1.165, 1.54) is 4.57 Å². The quantitative estimate of drug-likeness (QED) is 0.569. The maximum absolute atomic E-state index is 12.2. The molecular formula is C24H28ClN7O. The molecule has 33 heavy (non-hydrogen) atoms. The van der Waals surface area contributed by atoms with Crippen molar-refractivity contribution in [3.63, 3.8) is 0 Å². The van der Waals surface area contributed by atoms with Crippen LogP contribution in [-0.2, 0) is 0 Å². The molecule has 2 atom stereocenters. The van der Waals surface area contributed by atoms with Gasteiger partial charge in [0.1, 0.15) is 10.8 Å². The summed E-state index contributed by atoms with van der Waals surface area (Å²) in [5.41, 5.74) is 1.89. The summed E-state index contributed by atoms with van der Waals surface area (Å²) >= 11 is 5.94. The van der Waals surface area contributed by atoms with E-state index >= 15 is 0 Å². The summed E-state index contributed by atoms with van der Waals surface area (Å²) in [7, 11) is 0. The average molecular weight is 466 g/mol. The lowest BCUT2D eigenvalue weighted by atomic mass is 9.84. The van der Waals surface area contributed by atoms with Gasteiger partial charge in [-0.2, -0.15) is 0 Å². The Morgan fingerprint density at radius 3 is 2.33 bits per heavy atom. The molecule has 1 aliphatic heterocycles. The lowest BCUT2D eigenvalue weighted by Gasteiger charge is -2.47. The number of pyridine rings is 2. The highest BCUT2D eigenvalue weighted by atomic mass is 35.5. The van der Waals surface area contributed by atoms with Gasteiger partial charge < -0.3 is 15.5 Å². The zero-order chi connectivity index (χ0) is 23.0. The van der Waals surface area contributed by atoms with Crippen molar-refractivity contribution in [3.05, 3.63) is 64.4 Å². The predicted octanol–water partition coefficient (Wildman–Crippen LogP) is 3.97. The van der Waals surface area contributed by atoms with Crippen LogP contribution in [0.2, 0.25) is 5.02 Å². The number of nitrogens with zero attached hydrogens (tertiary/aromatic N) is 5. The van der Waals surface area contributed by atoms with Crippen LogP contribution in [0.5, 0.6) is 0 Å². The molecule has 172 valence electrons. The molecule has 8 nitrogen and oxygen atoms in total. The average Bonchev–Trinajstić information content (AvgIpc) is 3.22. The van der Waals surface area contributed by atoms with E-state index in [0.717, 1.165) is 43.9 Å². The van der Waals surface area contributed by atoms with Gasteiger partial charge in [0.25, 0.3) is 5.56 Å². The highest BCUT2D eigenvalue weighted by Crippen LogP contribution is 2.33. The molecule has 2 N–H and O–H groups in total. The van der Waals surface area contributed by atoms with Crippen LogP contribution in [0, 0.1) is 5.41 Å². The topological polar surface area (TPSA) is 88.0 Å². The van der Waals surface area contributed by atoms with Crippen LogP contribution in [0.3, 0.4) is 0 Å². The van der Waals surface area contributed by atoms with Gasteiger partial charge >= 0.3 is 0 Å². The Balaban J connectivity index is 1.14. The summed E-state index contributed by atoms with van der Waals surface area (Å²) in [6.45, 7) is 6.64. The molecule has 2 aliphatic rings. The van der Waals surface area contributed by atoms with Crippen LogP contribution in [0.1, 0.15) is 33.1 Å². The number of rotatable bonds is 6. The Morgan fingerprint density at radius 1 is 0.970 bits per heavy atom. The number of nitrogens with one attached hydrogen (secondary N) is 2. The maximum atomic E-state index is 12.2. The third-order valence-electron chi connectivity index (χ3n) is 6.29. The third kappa shape index (κ3) is 4.80. The van der Waals surface area contributed by atoms with E-state index in [0.29, 0.717) is 29.1 Å². The first kappa shape index (κ1) is 21.7. The molecule has 0 amide bonds. The number of halogens is 1. The van der Waals surface area contributed by atoms with Gasteiger partial charge in [-0.25, -0.2) is 15.0 Å². The summed E-state index contributed by atoms with van der Waals surface area (Å²) in [5.74, 6) is 1.47. The molecular weight excluding hydrogens is 438 g/mol. The summed E-state index contributed by atoms with van der Waals surface area (Å²) < 4.78 is 1.49. The smallest absolute Gasteiger partial charge is 0.273 e. The van der Waals surface area contributed by atoms with E-state index in [9.17, 15) is 4.79 Å². The van der Waals surface area contributed by atoms with Crippen LogP contribution >= 0.6 is 11.6 Å². The summed E-state index contributed by atoms with van der Waals surface area (Å²) in [6.07, 6.45) is 10.2. The molecule has 0 radical (unpaired) electrons. The fraction of sp³-hybridized carbons (Fsp3) is 0.417. The molecule has 3 aromatic heterocycles. The van der Waals surface area contributed by atoms with Crippen LogP contribution in [0.15, 0.2) is 53.8 Å². The summed E-state index contributed by atoms with van der Waals surface area (Å²) in [4.78, 5) is 28.0. The molecule has 2 fully saturated rings. The highest BCUT2D eigenvalue weighted by Gasteiger charge is 2.34. The molecule has 1 saturated carbocycles. The van der Waals surface area contributed by atoms with E-state index in [-0.39, 0.29) is 10.6 Å². The number of aromatic nitrogens is 4. The van der Waals surface area contributed by atoms with Gasteiger partial charge in [0, 0.05) is 31.4 Å². The van der Waals surface area contributed by atoms with Gasteiger partial charge in [0.15, 0.2) is 0 Å². The number of hydrogen-bond acceptors (Lipinski definition) is 7. The largest absolute Gasteiger partial charge is 0.368 e. The number of hydrogen-bond donors (Lipinski definition) is 2. The van der Waals surface area contributed by atoms with Gasteiger partial charge in [0.2, 0.25) is 5.95 Å². The molecule has 1 saturated heterocycles. The molecule has 3 aromatic rings. The Bertz CT molecular complexity index is 1170. The molecule has 0 unspecified atom stereocenters. The van der Waals surface area contributed by atoms with Crippen molar-refractivity contribution in [3.8, 4) is 5.69 Å². The Labute approximate surface area is 198 Å². The van der Waals surface area contributed by atoms with Crippen LogP contribution in [-0.4, -0.2) is 44.7 Å². The van der Waals surface area contributed by atoms with E-state index in [1.54, 1.807) is 24.5 Å². The second kappa shape index (κ2) is 8.67. The van der Waals surface area contributed by atoms with Crippen LogP contribution in [0.25, 0.3) is 5.69 Å². The Kier molecular flexibility index (Phi) is 5.70. The van der Waals surface area contributed by atoms with Gasteiger partial charge in [-0.3, -0.25) is 9.36 Å². The van der Waals surface area contributed by atoms with E-state index in [4.69, 9.17) is 11.6 Å². The first-order valence-electron chi connectivity index (χ1n) is 11.3. The zero-order valence-corrected chi connectivity index (χ0v) is 19.6. The van der Waals surface area contributed by atoms with E-state index < -0.39 is 0 Å². The van der Waals surface area contributed by atoms with Crippen molar-refractivity contribution in [1.29, 1.82) is 0 Å². The molecule has 0 bridgehead atoms. The van der Waals surface area contributed by atoms with Gasteiger partial charge in [-0.1, -0.05) is 25.4 Å². The first-order chi connectivity index (χ1) is 15.9. The number of anilines is 3. The molecule has 5 rings (SSSR count). The normalized spacial score (nSPS) is 21.5. The van der Waals surface area contributed by atoms with Crippen LogP contribution in [0.4, 0.5) is 17.5 Å². The second-order valence-electron chi connectivity index (χ2n) is 9.71. The molecule has 0 spiro atoms. The van der Waals surface area contributed by atoms with Crippen molar-refractivity contribution < 1.29 is 0 Å². The van der Waals surface area contributed by atoms with Crippen LogP contribution < -0.4 is 21.1 Å². The minimum Gasteiger partial charge on any atom is -0.368 e. The lowest BCUT2D eigenvalue weighted by Crippen LogP contribution is -2.53. The molecule has 0 aromatic carbocycles. The fourth-order valence-electron chi connectivity index (χ4n) is 4.65. The second-order valence-corrected chi connectivity index (χ2v) is 10.1. The first-order valence-corrected chi connectivity index (χ1v) is 11.7. The van der Waals surface area contributed by atoms with E-state index in [1.807, 2.05) is 24.5 Å². The lowest BCUT2D eigenvalue weighted by molar-refractivity contribution is 0.276. The Hall–Kier alpha value is -3.13. The van der Waals surface area contributed by atoms with Crippen molar-refractivity contribution in [1.82, 2.24) is 19.5 Å². The molecule has 4 heterocycles. The predicted molar refractivity (Wildman–Crippen MR) is 132 cm³/mol. The van der Waals surface area contributed by atoms with Gasteiger partial charge in [-0.05, 0) is 48.9 Å².